The number of ether oxygens (including phenoxy) is 2. The standard InChI is InChI=1S/C11H22O3/c1-2-13-9-10(12)6-7-11-5-3-4-8-14-11/h10-12H,2-9H2,1H3. The maximum atomic E-state index is 9.53. The van der Waals surface area contributed by atoms with E-state index >= 15 is 0 Å². The highest BCUT2D eigenvalue weighted by Crippen LogP contribution is 2.17. The van der Waals surface area contributed by atoms with Crippen LogP contribution in [0.1, 0.15) is 39.0 Å². The number of hydrogen-bond acceptors (Lipinski definition) is 3. The van der Waals surface area contributed by atoms with Crippen LogP contribution in [0.15, 0.2) is 0 Å². The minimum atomic E-state index is -0.319. The molecule has 1 fully saturated rings. The van der Waals surface area contributed by atoms with Crippen molar-refractivity contribution in [2.45, 2.75) is 51.2 Å². The Morgan fingerprint density at radius 3 is 3.00 bits per heavy atom. The third-order valence-corrected chi connectivity index (χ3v) is 2.61. The molecule has 1 N–H and O–H groups in total. The highest BCUT2D eigenvalue weighted by Gasteiger charge is 2.15. The summed E-state index contributed by atoms with van der Waals surface area (Å²) in [4.78, 5) is 0. The van der Waals surface area contributed by atoms with Crippen molar-refractivity contribution in [1.82, 2.24) is 0 Å². The molecule has 2 atom stereocenters. The molecule has 2 unspecified atom stereocenters. The van der Waals surface area contributed by atoms with Gasteiger partial charge in [0.25, 0.3) is 0 Å². The van der Waals surface area contributed by atoms with E-state index in [0.29, 0.717) is 19.3 Å². The molecule has 1 rings (SSSR count). The first-order chi connectivity index (χ1) is 6.83. The van der Waals surface area contributed by atoms with Gasteiger partial charge in [-0.25, -0.2) is 0 Å². The summed E-state index contributed by atoms with van der Waals surface area (Å²) in [7, 11) is 0. The summed E-state index contributed by atoms with van der Waals surface area (Å²) in [5.74, 6) is 0. The normalized spacial score (nSPS) is 24.9. The van der Waals surface area contributed by atoms with Gasteiger partial charge in [-0.3, -0.25) is 0 Å². The molecule has 0 bridgehead atoms. The van der Waals surface area contributed by atoms with Crippen molar-refractivity contribution in [3.63, 3.8) is 0 Å². The Morgan fingerprint density at radius 2 is 2.36 bits per heavy atom. The number of hydrogen-bond donors (Lipinski definition) is 1. The first-order valence-corrected chi connectivity index (χ1v) is 5.70. The Hall–Kier alpha value is -0.120. The van der Waals surface area contributed by atoms with Gasteiger partial charge in [0.05, 0.1) is 18.8 Å². The summed E-state index contributed by atoms with van der Waals surface area (Å²) >= 11 is 0. The predicted octanol–water partition coefficient (Wildman–Crippen LogP) is 1.73. The van der Waals surface area contributed by atoms with Crippen LogP contribution in [0.3, 0.4) is 0 Å². The van der Waals surface area contributed by atoms with Crippen molar-refractivity contribution >= 4 is 0 Å². The van der Waals surface area contributed by atoms with E-state index in [9.17, 15) is 5.11 Å². The van der Waals surface area contributed by atoms with Gasteiger partial charge in [0.1, 0.15) is 0 Å². The molecule has 1 aliphatic heterocycles. The fraction of sp³-hybridized carbons (Fsp3) is 1.00. The van der Waals surface area contributed by atoms with Crippen LogP contribution in [0.4, 0.5) is 0 Å². The maximum Gasteiger partial charge on any atom is 0.0774 e. The van der Waals surface area contributed by atoms with Gasteiger partial charge in [-0.2, -0.15) is 0 Å². The van der Waals surface area contributed by atoms with Crippen molar-refractivity contribution in [2.75, 3.05) is 19.8 Å². The zero-order chi connectivity index (χ0) is 10.2. The molecule has 0 spiro atoms. The van der Waals surface area contributed by atoms with Crippen LogP contribution in [-0.2, 0) is 9.47 Å². The van der Waals surface area contributed by atoms with Crippen molar-refractivity contribution in [2.24, 2.45) is 0 Å². The van der Waals surface area contributed by atoms with E-state index in [-0.39, 0.29) is 6.10 Å². The number of aliphatic hydroxyl groups is 1. The van der Waals surface area contributed by atoms with E-state index in [1.54, 1.807) is 0 Å². The van der Waals surface area contributed by atoms with E-state index < -0.39 is 0 Å². The summed E-state index contributed by atoms with van der Waals surface area (Å²) in [6.45, 7) is 3.98. The maximum absolute atomic E-state index is 9.53. The lowest BCUT2D eigenvalue weighted by molar-refractivity contribution is -0.00953. The molecule has 14 heavy (non-hydrogen) atoms. The fourth-order valence-electron chi connectivity index (χ4n) is 1.75. The van der Waals surface area contributed by atoms with Gasteiger partial charge in [0.15, 0.2) is 0 Å². The molecule has 1 heterocycles. The van der Waals surface area contributed by atoms with Crippen LogP contribution < -0.4 is 0 Å². The average Bonchev–Trinajstić information content (AvgIpc) is 2.25. The molecule has 0 aromatic rings. The van der Waals surface area contributed by atoms with Gasteiger partial charge in [0.2, 0.25) is 0 Å². The van der Waals surface area contributed by atoms with E-state index in [1.165, 1.54) is 12.8 Å². The molecule has 84 valence electrons. The van der Waals surface area contributed by atoms with Crippen molar-refractivity contribution in [1.29, 1.82) is 0 Å². The molecule has 0 aliphatic carbocycles. The van der Waals surface area contributed by atoms with Crippen LogP contribution in [0, 0.1) is 0 Å². The third kappa shape index (κ3) is 4.94. The van der Waals surface area contributed by atoms with Crippen LogP contribution in [0.25, 0.3) is 0 Å². The quantitative estimate of drug-likeness (QED) is 0.713. The Labute approximate surface area is 86.4 Å². The van der Waals surface area contributed by atoms with Gasteiger partial charge in [-0.05, 0) is 39.0 Å². The van der Waals surface area contributed by atoms with Crippen LogP contribution >= 0.6 is 0 Å². The minimum Gasteiger partial charge on any atom is -0.391 e. The van der Waals surface area contributed by atoms with Crippen molar-refractivity contribution < 1.29 is 14.6 Å². The van der Waals surface area contributed by atoms with Crippen molar-refractivity contribution in [3.8, 4) is 0 Å². The van der Waals surface area contributed by atoms with Crippen molar-refractivity contribution in [3.05, 3.63) is 0 Å². The highest BCUT2D eigenvalue weighted by atomic mass is 16.5. The van der Waals surface area contributed by atoms with Gasteiger partial charge >= 0.3 is 0 Å². The fourth-order valence-corrected chi connectivity index (χ4v) is 1.75. The van der Waals surface area contributed by atoms with E-state index in [1.807, 2.05) is 6.92 Å². The SMILES string of the molecule is CCOCC(O)CCC1CCCCO1. The minimum absolute atomic E-state index is 0.319. The predicted molar refractivity (Wildman–Crippen MR) is 55.3 cm³/mol. The lowest BCUT2D eigenvalue weighted by Gasteiger charge is -2.23. The van der Waals surface area contributed by atoms with Crippen LogP contribution in [0.5, 0.6) is 0 Å². The Bertz CT molecular complexity index is 132. The molecular weight excluding hydrogens is 180 g/mol. The van der Waals surface area contributed by atoms with E-state index in [4.69, 9.17) is 9.47 Å². The molecular formula is C11H22O3. The average molecular weight is 202 g/mol. The molecule has 0 saturated carbocycles. The molecule has 1 aliphatic rings. The largest absolute Gasteiger partial charge is 0.391 e. The first-order valence-electron chi connectivity index (χ1n) is 5.70. The van der Waals surface area contributed by atoms with Crippen LogP contribution in [-0.4, -0.2) is 37.1 Å². The van der Waals surface area contributed by atoms with Crippen LogP contribution in [0.2, 0.25) is 0 Å². The van der Waals surface area contributed by atoms with E-state index in [0.717, 1.165) is 25.9 Å². The molecule has 1 saturated heterocycles. The van der Waals surface area contributed by atoms with Gasteiger partial charge in [-0.1, -0.05) is 0 Å². The Morgan fingerprint density at radius 1 is 1.50 bits per heavy atom. The number of aliphatic hydroxyl groups excluding tert-OH is 1. The lowest BCUT2D eigenvalue weighted by atomic mass is 10.0. The summed E-state index contributed by atoms with van der Waals surface area (Å²) in [5, 5.41) is 9.53. The Balaban J connectivity index is 2.00. The topological polar surface area (TPSA) is 38.7 Å². The summed E-state index contributed by atoms with van der Waals surface area (Å²) in [6, 6.07) is 0. The first kappa shape index (κ1) is 12.0. The molecule has 0 aromatic carbocycles. The lowest BCUT2D eigenvalue weighted by Crippen LogP contribution is -2.23. The molecule has 3 heteroatoms. The van der Waals surface area contributed by atoms with E-state index in [2.05, 4.69) is 0 Å². The smallest absolute Gasteiger partial charge is 0.0774 e. The zero-order valence-electron chi connectivity index (χ0n) is 9.08. The second kappa shape index (κ2) is 7.21. The molecule has 0 amide bonds. The molecule has 0 radical (unpaired) electrons. The highest BCUT2D eigenvalue weighted by molar-refractivity contribution is 4.66. The molecule has 3 nitrogen and oxygen atoms in total. The second-order valence-electron chi connectivity index (χ2n) is 3.88. The second-order valence-corrected chi connectivity index (χ2v) is 3.88. The Kier molecular flexibility index (Phi) is 6.15. The van der Waals surface area contributed by atoms with Gasteiger partial charge in [0, 0.05) is 13.2 Å². The van der Waals surface area contributed by atoms with Gasteiger partial charge in [-0.15, -0.1) is 0 Å². The zero-order valence-corrected chi connectivity index (χ0v) is 9.08. The summed E-state index contributed by atoms with van der Waals surface area (Å²) < 4.78 is 10.7. The summed E-state index contributed by atoms with van der Waals surface area (Å²) in [5.41, 5.74) is 0. The summed E-state index contributed by atoms with van der Waals surface area (Å²) in [6.07, 6.45) is 5.44. The third-order valence-electron chi connectivity index (χ3n) is 2.61. The molecule has 0 aromatic heterocycles. The van der Waals surface area contributed by atoms with Gasteiger partial charge < -0.3 is 14.6 Å². The monoisotopic (exact) mass is 202 g/mol. The number of rotatable bonds is 6.